The van der Waals surface area contributed by atoms with Crippen LogP contribution in [0.15, 0.2) is 24.4 Å². The van der Waals surface area contributed by atoms with Crippen LogP contribution in [0, 0.1) is 0 Å². The fourth-order valence-electron chi connectivity index (χ4n) is 5.18. The van der Waals surface area contributed by atoms with E-state index in [2.05, 4.69) is 25.5 Å². The lowest BCUT2D eigenvalue weighted by Crippen LogP contribution is -2.45. The maximum atomic E-state index is 12.1. The predicted molar refractivity (Wildman–Crippen MR) is 135 cm³/mol. The van der Waals surface area contributed by atoms with E-state index in [1.54, 1.807) is 7.11 Å². The number of nitrogens with two attached hydrogens (primary N) is 1. The highest BCUT2D eigenvalue weighted by Gasteiger charge is 2.40. The number of ether oxygens (including phenoxy) is 3. The van der Waals surface area contributed by atoms with Crippen LogP contribution in [0.25, 0.3) is 0 Å². The van der Waals surface area contributed by atoms with Gasteiger partial charge in [0.2, 0.25) is 0 Å². The maximum absolute atomic E-state index is 12.1. The number of amides is 1. The van der Waals surface area contributed by atoms with Gasteiger partial charge in [0.1, 0.15) is 11.6 Å². The lowest BCUT2D eigenvalue weighted by Gasteiger charge is -2.39. The minimum atomic E-state index is -0.663. The summed E-state index contributed by atoms with van der Waals surface area (Å²) in [5.41, 5.74) is 7.31. The Kier molecular flexibility index (Phi) is 7.13. The van der Waals surface area contributed by atoms with E-state index in [4.69, 9.17) is 19.9 Å². The number of primary amides is 1. The van der Waals surface area contributed by atoms with Crippen LogP contribution in [0.4, 0.5) is 23.0 Å². The molecule has 3 fully saturated rings. The van der Waals surface area contributed by atoms with Gasteiger partial charge in [-0.2, -0.15) is 0 Å². The fourth-order valence-corrected chi connectivity index (χ4v) is 5.18. The lowest BCUT2D eigenvalue weighted by molar-refractivity contribution is -0.169. The van der Waals surface area contributed by atoms with Crippen molar-refractivity contribution in [1.82, 2.24) is 9.97 Å². The van der Waals surface area contributed by atoms with Gasteiger partial charge in [-0.3, -0.25) is 4.79 Å². The number of carbonyl (C=O) groups excluding carboxylic acids is 1. The lowest BCUT2D eigenvalue weighted by atomic mass is 9.93. The summed E-state index contributed by atoms with van der Waals surface area (Å²) in [5, 5.41) is 16.4. The van der Waals surface area contributed by atoms with Crippen LogP contribution in [-0.2, 0) is 9.47 Å². The van der Waals surface area contributed by atoms with Gasteiger partial charge >= 0.3 is 0 Å². The van der Waals surface area contributed by atoms with Gasteiger partial charge in [-0.25, -0.2) is 9.97 Å². The Bertz CT molecular complexity index is 1070. The molecular formula is C25H34N6O5. The molecule has 1 spiro atoms. The van der Waals surface area contributed by atoms with Crippen LogP contribution in [0.1, 0.15) is 49.0 Å². The molecule has 1 saturated carbocycles. The number of hydrogen-bond donors (Lipinski definition) is 4. The van der Waals surface area contributed by atoms with Crippen LogP contribution in [0.5, 0.6) is 5.75 Å². The molecule has 1 aromatic carbocycles. The first-order chi connectivity index (χ1) is 17.4. The molecule has 1 aromatic heterocycles. The fraction of sp³-hybridized carbons (Fsp3) is 0.560. The minimum Gasteiger partial charge on any atom is -0.495 e. The van der Waals surface area contributed by atoms with Gasteiger partial charge in [0, 0.05) is 37.7 Å². The Morgan fingerprint density at radius 2 is 1.92 bits per heavy atom. The topological polar surface area (TPSA) is 144 Å². The molecule has 0 atom stereocenters. The van der Waals surface area contributed by atoms with Gasteiger partial charge < -0.3 is 40.6 Å². The molecule has 0 radical (unpaired) electrons. The summed E-state index contributed by atoms with van der Waals surface area (Å²) >= 11 is 0. The molecule has 0 unspecified atom stereocenters. The Hall–Kier alpha value is -3.15. The second-order valence-electron chi connectivity index (χ2n) is 9.57. The summed E-state index contributed by atoms with van der Waals surface area (Å²) in [5.74, 6) is 0.459. The Morgan fingerprint density at radius 3 is 2.58 bits per heavy atom. The first-order valence-corrected chi connectivity index (χ1v) is 12.5. The zero-order valence-electron chi connectivity index (χ0n) is 20.5. The van der Waals surface area contributed by atoms with E-state index < -0.39 is 11.7 Å². The van der Waals surface area contributed by atoms with E-state index in [9.17, 15) is 9.90 Å². The van der Waals surface area contributed by atoms with E-state index >= 15 is 0 Å². The number of hydrogen-bond acceptors (Lipinski definition) is 10. The molecule has 1 amide bonds. The summed E-state index contributed by atoms with van der Waals surface area (Å²) in [4.78, 5) is 23.2. The van der Waals surface area contributed by atoms with Crippen molar-refractivity contribution in [1.29, 1.82) is 0 Å². The van der Waals surface area contributed by atoms with Gasteiger partial charge in [0.25, 0.3) is 5.91 Å². The third-order valence-corrected chi connectivity index (χ3v) is 7.18. The van der Waals surface area contributed by atoms with Crippen molar-refractivity contribution in [2.75, 3.05) is 48.9 Å². The van der Waals surface area contributed by atoms with Crippen LogP contribution in [0.3, 0.4) is 0 Å². The van der Waals surface area contributed by atoms with Crippen molar-refractivity contribution < 1.29 is 24.1 Å². The molecule has 36 heavy (non-hydrogen) atoms. The van der Waals surface area contributed by atoms with E-state index in [1.807, 2.05) is 18.2 Å². The van der Waals surface area contributed by atoms with E-state index in [0.29, 0.717) is 19.0 Å². The maximum Gasteiger partial charge on any atom is 0.271 e. The van der Waals surface area contributed by atoms with E-state index in [-0.39, 0.29) is 23.7 Å². The summed E-state index contributed by atoms with van der Waals surface area (Å²) in [6, 6.07) is 5.92. The molecule has 2 aromatic rings. The number of aromatic nitrogens is 2. The number of aliphatic hydroxyl groups is 1. The van der Waals surface area contributed by atoms with Crippen molar-refractivity contribution in [2.45, 2.75) is 56.5 Å². The van der Waals surface area contributed by atoms with Crippen molar-refractivity contribution in [3.8, 4) is 5.75 Å². The summed E-state index contributed by atoms with van der Waals surface area (Å²) < 4.78 is 17.4. The molecule has 5 rings (SSSR count). The van der Waals surface area contributed by atoms with Crippen LogP contribution in [0.2, 0.25) is 0 Å². The van der Waals surface area contributed by atoms with Crippen molar-refractivity contribution in [2.24, 2.45) is 5.73 Å². The minimum absolute atomic E-state index is 0.0624. The molecule has 194 valence electrons. The number of aliphatic hydroxyl groups excluding tert-OH is 1. The zero-order chi connectivity index (χ0) is 25.1. The Balaban J connectivity index is 1.35. The molecule has 11 nitrogen and oxygen atoms in total. The standard InChI is InChI=1S/C25H34N6O5/c1-34-20-7-4-17(14-19(20)31-10-8-25(9-11-31)35-12-13-36-25)29-24-22(23(26)33)27-15-21(30-24)28-16-2-5-18(32)6-3-16/h4,7,14-16,18,32H,2-3,5-6,8-13H2,1H3,(H2,26,33)(H2,28,29,30)/t16-,18-. The molecule has 2 aliphatic heterocycles. The molecule has 2 saturated heterocycles. The number of nitrogens with zero attached hydrogens (tertiary/aromatic N) is 3. The van der Waals surface area contributed by atoms with E-state index in [1.165, 1.54) is 6.20 Å². The van der Waals surface area contributed by atoms with Crippen molar-refractivity contribution in [3.63, 3.8) is 0 Å². The SMILES string of the molecule is COc1ccc(Nc2nc(N[C@H]3CC[C@H](O)CC3)cnc2C(N)=O)cc1N1CCC2(CC1)OCCO2. The van der Waals surface area contributed by atoms with Crippen LogP contribution in [-0.4, -0.2) is 72.3 Å². The average molecular weight is 499 g/mol. The second kappa shape index (κ2) is 10.5. The number of methoxy groups -OCH3 is 1. The van der Waals surface area contributed by atoms with Gasteiger partial charge in [-0.1, -0.05) is 0 Å². The molecular weight excluding hydrogens is 464 g/mol. The zero-order valence-corrected chi connectivity index (χ0v) is 20.5. The summed E-state index contributed by atoms with van der Waals surface area (Å²) in [6.45, 7) is 2.81. The van der Waals surface area contributed by atoms with Gasteiger partial charge in [-0.05, 0) is 43.9 Å². The first kappa shape index (κ1) is 24.5. The summed E-state index contributed by atoms with van der Waals surface area (Å²) in [7, 11) is 1.65. The first-order valence-electron chi connectivity index (χ1n) is 12.5. The van der Waals surface area contributed by atoms with Gasteiger partial charge in [0.15, 0.2) is 17.3 Å². The second-order valence-corrected chi connectivity index (χ2v) is 9.57. The highest BCUT2D eigenvalue weighted by atomic mass is 16.7. The smallest absolute Gasteiger partial charge is 0.271 e. The molecule has 5 N–H and O–H groups in total. The molecule has 11 heteroatoms. The normalized spacial score (nSPS) is 23.4. The number of nitrogens with one attached hydrogen (secondary N) is 2. The molecule has 0 bridgehead atoms. The molecule has 3 heterocycles. The van der Waals surface area contributed by atoms with Crippen molar-refractivity contribution >= 4 is 28.9 Å². The predicted octanol–water partition coefficient (Wildman–Crippen LogP) is 2.39. The molecule has 1 aliphatic carbocycles. The highest BCUT2D eigenvalue weighted by molar-refractivity contribution is 5.96. The van der Waals surface area contributed by atoms with Crippen LogP contribution < -0.4 is 26.0 Å². The van der Waals surface area contributed by atoms with E-state index in [0.717, 1.165) is 68.7 Å². The van der Waals surface area contributed by atoms with Gasteiger partial charge in [-0.15, -0.1) is 0 Å². The third kappa shape index (κ3) is 5.32. The Morgan fingerprint density at radius 1 is 1.19 bits per heavy atom. The average Bonchev–Trinajstić information content (AvgIpc) is 3.33. The number of piperidine rings is 1. The summed E-state index contributed by atoms with van der Waals surface area (Å²) in [6.07, 6.45) is 6.02. The van der Waals surface area contributed by atoms with Crippen molar-refractivity contribution in [3.05, 3.63) is 30.1 Å². The number of anilines is 4. The monoisotopic (exact) mass is 498 g/mol. The number of benzene rings is 1. The number of rotatable bonds is 7. The Labute approximate surface area is 210 Å². The number of carbonyl (C=O) groups is 1. The largest absolute Gasteiger partial charge is 0.495 e. The van der Waals surface area contributed by atoms with Gasteiger partial charge in [0.05, 0.1) is 38.3 Å². The quantitative estimate of drug-likeness (QED) is 0.449. The van der Waals surface area contributed by atoms with Crippen LogP contribution >= 0.6 is 0 Å². The molecule has 3 aliphatic rings. The highest BCUT2D eigenvalue weighted by Crippen LogP contribution is 2.38. The third-order valence-electron chi connectivity index (χ3n) is 7.18.